The molecule has 0 amide bonds. The first-order chi connectivity index (χ1) is 9.74. The Hall–Kier alpha value is -1.72. The van der Waals surface area contributed by atoms with Crippen molar-refractivity contribution in [1.29, 1.82) is 0 Å². The van der Waals surface area contributed by atoms with Crippen LogP contribution in [0.2, 0.25) is 0 Å². The van der Waals surface area contributed by atoms with E-state index < -0.39 is 0 Å². The van der Waals surface area contributed by atoms with Gasteiger partial charge in [-0.05, 0) is 12.1 Å². The highest BCUT2D eigenvalue weighted by atomic mass is 16.5. The Morgan fingerprint density at radius 3 is 2.50 bits per heavy atom. The van der Waals surface area contributed by atoms with E-state index in [9.17, 15) is 0 Å². The molecule has 2 aromatic rings. The van der Waals surface area contributed by atoms with Crippen LogP contribution in [0, 0.1) is 0 Å². The van der Waals surface area contributed by atoms with Crippen LogP contribution in [0.25, 0.3) is 11.3 Å². The molecule has 20 heavy (non-hydrogen) atoms. The fourth-order valence-corrected chi connectivity index (χ4v) is 2.35. The fraction of sp³-hybridized carbons (Fsp3) is 0.333. The molecule has 1 aliphatic rings. The minimum Gasteiger partial charge on any atom is -0.379 e. The molecule has 0 unspecified atom stereocenters. The first kappa shape index (κ1) is 13.3. The van der Waals surface area contributed by atoms with Gasteiger partial charge in [0.05, 0.1) is 17.5 Å². The van der Waals surface area contributed by atoms with E-state index >= 15 is 0 Å². The second kappa shape index (κ2) is 5.73. The van der Waals surface area contributed by atoms with Crippen LogP contribution >= 0.6 is 0 Å². The molecule has 0 atom stereocenters. The molecule has 1 aromatic carbocycles. The van der Waals surface area contributed by atoms with Gasteiger partial charge in [-0.3, -0.25) is 4.90 Å². The van der Waals surface area contributed by atoms with Gasteiger partial charge in [0, 0.05) is 32.3 Å². The van der Waals surface area contributed by atoms with Crippen molar-refractivity contribution in [2.75, 3.05) is 20.2 Å². The van der Waals surface area contributed by atoms with Crippen LogP contribution in [0.5, 0.6) is 0 Å². The Balaban J connectivity index is 1.64. The van der Waals surface area contributed by atoms with E-state index in [-0.39, 0.29) is 0 Å². The average Bonchev–Trinajstić information content (AvgIpc) is 2.44. The molecule has 1 aromatic heterocycles. The number of nitrogens with zero attached hydrogens (tertiary/aromatic N) is 3. The molecule has 0 saturated carbocycles. The zero-order valence-electron chi connectivity index (χ0n) is 11.9. The van der Waals surface area contributed by atoms with Gasteiger partial charge in [-0.25, -0.2) is 0 Å². The van der Waals surface area contributed by atoms with Crippen LogP contribution in [0.15, 0.2) is 36.4 Å². The molecule has 5 heteroatoms. The van der Waals surface area contributed by atoms with Crippen molar-refractivity contribution < 1.29 is 4.74 Å². The molecule has 1 aliphatic heterocycles. The summed E-state index contributed by atoms with van der Waals surface area (Å²) >= 11 is 0. The Morgan fingerprint density at radius 1 is 1.15 bits per heavy atom. The molecule has 2 heterocycles. The summed E-state index contributed by atoms with van der Waals surface area (Å²) in [5.41, 5.74) is 4.30. The highest BCUT2D eigenvalue weighted by Gasteiger charge is 2.26. The molecule has 1 saturated heterocycles. The van der Waals surface area contributed by atoms with Crippen LogP contribution in [-0.4, -0.2) is 49.2 Å². The van der Waals surface area contributed by atoms with Crippen LogP contribution < -0.4 is 5.46 Å². The molecule has 0 N–H and O–H groups in total. The first-order valence-electron chi connectivity index (χ1n) is 6.89. The molecule has 1 fully saturated rings. The highest BCUT2D eigenvalue weighted by Crippen LogP contribution is 2.17. The molecular weight excluding hydrogens is 249 g/mol. The van der Waals surface area contributed by atoms with Crippen molar-refractivity contribution in [3.8, 4) is 11.3 Å². The summed E-state index contributed by atoms with van der Waals surface area (Å²) in [4.78, 5) is 2.31. The maximum absolute atomic E-state index is 5.26. The lowest BCUT2D eigenvalue weighted by molar-refractivity contribution is -0.0340. The minimum atomic E-state index is 0.384. The van der Waals surface area contributed by atoms with Gasteiger partial charge in [0.15, 0.2) is 0 Å². The van der Waals surface area contributed by atoms with Gasteiger partial charge >= 0.3 is 0 Å². The van der Waals surface area contributed by atoms with Crippen molar-refractivity contribution in [2.45, 2.75) is 12.6 Å². The van der Waals surface area contributed by atoms with E-state index in [0.29, 0.717) is 6.10 Å². The second-order valence-electron chi connectivity index (χ2n) is 5.33. The monoisotopic (exact) mass is 267 g/mol. The van der Waals surface area contributed by atoms with E-state index in [1.165, 1.54) is 5.46 Å². The number of likely N-dealkylation sites (tertiary alicyclic amines) is 1. The Bertz CT molecular complexity index is 565. The quantitative estimate of drug-likeness (QED) is 0.743. The van der Waals surface area contributed by atoms with Gasteiger partial charge in [0.25, 0.3) is 0 Å². The maximum atomic E-state index is 5.26. The lowest BCUT2D eigenvalue weighted by atomic mass is 9.95. The fourth-order valence-electron chi connectivity index (χ4n) is 2.35. The zero-order valence-corrected chi connectivity index (χ0v) is 11.9. The molecule has 3 rings (SSSR count). The molecule has 102 valence electrons. The summed E-state index contributed by atoms with van der Waals surface area (Å²) in [6, 6.07) is 12.4. The third-order valence-corrected chi connectivity index (χ3v) is 3.71. The molecular formula is C15H18BN3O. The smallest absolute Gasteiger partial charge is 0.139 e. The third kappa shape index (κ3) is 2.89. The van der Waals surface area contributed by atoms with Gasteiger partial charge in [-0.1, -0.05) is 29.7 Å². The summed E-state index contributed by atoms with van der Waals surface area (Å²) < 4.78 is 5.26. The molecule has 0 radical (unpaired) electrons. The molecule has 4 nitrogen and oxygen atoms in total. The molecule has 0 spiro atoms. The Labute approximate surface area is 120 Å². The first-order valence-corrected chi connectivity index (χ1v) is 6.89. The average molecular weight is 267 g/mol. The lowest BCUT2D eigenvalue weighted by Gasteiger charge is -2.37. The van der Waals surface area contributed by atoms with Crippen molar-refractivity contribution in [1.82, 2.24) is 15.1 Å². The van der Waals surface area contributed by atoms with Crippen LogP contribution in [0.3, 0.4) is 0 Å². The van der Waals surface area contributed by atoms with Gasteiger partial charge in [0.2, 0.25) is 0 Å². The van der Waals surface area contributed by atoms with E-state index in [4.69, 9.17) is 4.74 Å². The van der Waals surface area contributed by atoms with Crippen molar-refractivity contribution in [2.24, 2.45) is 0 Å². The number of rotatable bonds is 4. The normalized spacial score (nSPS) is 16.1. The third-order valence-electron chi connectivity index (χ3n) is 3.71. The SMILES string of the molecule is Bc1ccc(-c2ccc(CN3CC(OC)C3)nn2)cc1. The highest BCUT2D eigenvalue weighted by molar-refractivity contribution is 6.32. The van der Waals surface area contributed by atoms with E-state index in [1.807, 2.05) is 6.07 Å². The summed E-state index contributed by atoms with van der Waals surface area (Å²) in [5, 5.41) is 8.64. The van der Waals surface area contributed by atoms with Gasteiger partial charge in [-0.2, -0.15) is 10.2 Å². The van der Waals surface area contributed by atoms with Gasteiger partial charge in [0.1, 0.15) is 7.85 Å². The van der Waals surface area contributed by atoms with E-state index in [0.717, 1.165) is 36.6 Å². The Morgan fingerprint density at radius 2 is 1.90 bits per heavy atom. The van der Waals surface area contributed by atoms with E-state index in [1.54, 1.807) is 7.11 Å². The Kier molecular flexibility index (Phi) is 3.80. The lowest BCUT2D eigenvalue weighted by Crippen LogP contribution is -2.51. The van der Waals surface area contributed by atoms with Gasteiger partial charge < -0.3 is 4.74 Å². The van der Waals surface area contributed by atoms with E-state index in [2.05, 4.69) is 53.3 Å². The summed E-state index contributed by atoms with van der Waals surface area (Å²) in [5.74, 6) is 0. The number of methoxy groups -OCH3 is 1. The molecule has 0 aliphatic carbocycles. The van der Waals surface area contributed by atoms with Crippen LogP contribution in [0.1, 0.15) is 5.69 Å². The van der Waals surface area contributed by atoms with Crippen molar-refractivity contribution in [3.63, 3.8) is 0 Å². The maximum Gasteiger partial charge on any atom is 0.139 e. The number of benzene rings is 1. The predicted molar refractivity (Wildman–Crippen MR) is 81.7 cm³/mol. The topological polar surface area (TPSA) is 38.2 Å². The van der Waals surface area contributed by atoms with Crippen LogP contribution in [0.4, 0.5) is 0 Å². The summed E-state index contributed by atoms with van der Waals surface area (Å²) in [7, 11) is 3.84. The summed E-state index contributed by atoms with van der Waals surface area (Å²) in [6.07, 6.45) is 0.384. The second-order valence-corrected chi connectivity index (χ2v) is 5.33. The van der Waals surface area contributed by atoms with Crippen molar-refractivity contribution >= 4 is 13.3 Å². The number of aromatic nitrogens is 2. The van der Waals surface area contributed by atoms with Crippen LogP contribution in [-0.2, 0) is 11.3 Å². The molecule has 0 bridgehead atoms. The zero-order chi connectivity index (χ0) is 13.9. The largest absolute Gasteiger partial charge is 0.379 e. The van der Waals surface area contributed by atoms with Crippen molar-refractivity contribution in [3.05, 3.63) is 42.1 Å². The standard InChI is InChI=1S/C15H18BN3O/c1-20-14-9-19(10-14)8-13-6-7-15(18-17-13)11-2-4-12(16)5-3-11/h2-7,14H,8-10,16H2,1H3. The number of hydrogen-bond acceptors (Lipinski definition) is 4. The van der Waals surface area contributed by atoms with Gasteiger partial charge in [-0.15, -0.1) is 0 Å². The number of hydrogen-bond donors (Lipinski definition) is 0. The minimum absolute atomic E-state index is 0.384. The number of ether oxygens (including phenoxy) is 1. The summed E-state index contributed by atoms with van der Waals surface area (Å²) in [6.45, 7) is 2.82. The predicted octanol–water partition coefficient (Wildman–Crippen LogP) is 0.233.